The number of anilines is 1. The molecule has 1 unspecified atom stereocenters. The number of carbonyl (C=O) groups excluding carboxylic acids is 2. The minimum absolute atomic E-state index is 0.0149. The highest BCUT2D eigenvalue weighted by Gasteiger charge is 2.51. The average Bonchev–Trinajstić information content (AvgIpc) is 3.14. The maximum Gasteiger partial charge on any atom is 0.233 e. The highest BCUT2D eigenvalue weighted by atomic mass is 32.2. The van der Waals surface area contributed by atoms with Crippen molar-refractivity contribution in [3.05, 3.63) is 30.6 Å². The predicted molar refractivity (Wildman–Crippen MR) is 120 cm³/mol. The standard InChI is InChI=1S/C23H29N5O2S/c1-14(21(30)26-23-10-16-6-17(11-23)8-18(7-16)12-23)31-22-27-24-13-28(22)20-5-3-4-19(9-20)25-15(2)29/h3-5,9,13-14,16-18H,6-8,10-12H2,1-2H3,(H,25,29)(H,26,30). The molecule has 2 aromatic rings. The first-order valence-electron chi connectivity index (χ1n) is 11.2. The van der Waals surface area contributed by atoms with Crippen molar-refractivity contribution in [1.29, 1.82) is 0 Å². The number of thioether (sulfide) groups is 1. The average molecular weight is 440 g/mol. The van der Waals surface area contributed by atoms with Crippen molar-refractivity contribution in [3.8, 4) is 5.69 Å². The molecule has 1 atom stereocenters. The molecule has 31 heavy (non-hydrogen) atoms. The minimum Gasteiger partial charge on any atom is -0.350 e. The number of nitrogens with one attached hydrogen (secondary N) is 2. The van der Waals surface area contributed by atoms with Crippen molar-refractivity contribution in [3.63, 3.8) is 0 Å². The first kappa shape index (κ1) is 20.5. The molecule has 4 bridgehead atoms. The third kappa shape index (κ3) is 4.22. The summed E-state index contributed by atoms with van der Waals surface area (Å²) in [5.41, 5.74) is 1.57. The van der Waals surface area contributed by atoms with Crippen LogP contribution in [0.2, 0.25) is 0 Å². The van der Waals surface area contributed by atoms with Gasteiger partial charge >= 0.3 is 0 Å². The fourth-order valence-corrected chi connectivity index (χ4v) is 7.10. The third-order valence-corrected chi connectivity index (χ3v) is 8.10. The van der Waals surface area contributed by atoms with Crippen molar-refractivity contribution in [1.82, 2.24) is 20.1 Å². The molecule has 4 aliphatic rings. The van der Waals surface area contributed by atoms with Gasteiger partial charge in [0, 0.05) is 18.2 Å². The van der Waals surface area contributed by atoms with Gasteiger partial charge < -0.3 is 10.6 Å². The molecule has 7 nitrogen and oxygen atoms in total. The van der Waals surface area contributed by atoms with Crippen LogP contribution in [0.5, 0.6) is 0 Å². The van der Waals surface area contributed by atoms with E-state index in [-0.39, 0.29) is 22.6 Å². The van der Waals surface area contributed by atoms with E-state index in [4.69, 9.17) is 0 Å². The van der Waals surface area contributed by atoms with Crippen LogP contribution < -0.4 is 10.6 Å². The highest BCUT2D eigenvalue weighted by molar-refractivity contribution is 8.00. The SMILES string of the molecule is CC(=O)Nc1cccc(-n2cnnc2SC(C)C(=O)NC23CC4CC(CC(C4)C2)C3)c1. The first-order valence-corrected chi connectivity index (χ1v) is 12.0. The fourth-order valence-electron chi connectivity index (χ4n) is 6.26. The number of rotatable bonds is 6. The zero-order chi connectivity index (χ0) is 21.6. The summed E-state index contributed by atoms with van der Waals surface area (Å²) in [4.78, 5) is 24.5. The molecule has 4 aliphatic carbocycles. The maximum absolute atomic E-state index is 13.1. The summed E-state index contributed by atoms with van der Waals surface area (Å²) >= 11 is 1.42. The van der Waals surface area contributed by atoms with Crippen molar-refractivity contribution < 1.29 is 9.59 Å². The number of hydrogen-bond acceptors (Lipinski definition) is 5. The molecular weight excluding hydrogens is 410 g/mol. The molecule has 0 spiro atoms. The lowest BCUT2D eigenvalue weighted by atomic mass is 9.53. The quantitative estimate of drug-likeness (QED) is 0.669. The monoisotopic (exact) mass is 439 g/mol. The molecule has 164 valence electrons. The molecule has 2 amide bonds. The Kier molecular flexibility index (Phi) is 5.28. The predicted octanol–water partition coefficient (Wildman–Crippen LogP) is 3.79. The number of nitrogens with zero attached hydrogens (tertiary/aromatic N) is 3. The van der Waals surface area contributed by atoms with Gasteiger partial charge in [-0.05, 0) is 81.4 Å². The van der Waals surface area contributed by atoms with Crippen LogP contribution >= 0.6 is 11.8 Å². The molecule has 0 radical (unpaired) electrons. The van der Waals surface area contributed by atoms with Crippen molar-refractivity contribution >= 4 is 29.3 Å². The van der Waals surface area contributed by atoms with Crippen LogP contribution in [-0.4, -0.2) is 37.4 Å². The Bertz CT molecular complexity index is 968. The van der Waals surface area contributed by atoms with Gasteiger partial charge in [-0.2, -0.15) is 0 Å². The van der Waals surface area contributed by atoms with Crippen molar-refractivity contribution in [2.24, 2.45) is 17.8 Å². The lowest BCUT2D eigenvalue weighted by Crippen LogP contribution is -2.60. The highest BCUT2D eigenvalue weighted by Crippen LogP contribution is 2.55. The molecule has 1 aromatic heterocycles. The van der Waals surface area contributed by atoms with E-state index in [0.717, 1.165) is 42.7 Å². The van der Waals surface area contributed by atoms with Gasteiger partial charge in [0.1, 0.15) is 6.33 Å². The lowest BCUT2D eigenvalue weighted by Gasteiger charge is -2.57. The Balaban J connectivity index is 1.28. The lowest BCUT2D eigenvalue weighted by molar-refractivity contribution is -0.126. The van der Waals surface area contributed by atoms with E-state index in [1.807, 2.05) is 35.8 Å². The summed E-state index contributed by atoms with van der Waals surface area (Å²) in [6.07, 6.45) is 9.16. The summed E-state index contributed by atoms with van der Waals surface area (Å²) in [7, 11) is 0. The van der Waals surface area contributed by atoms with Crippen LogP contribution in [0.4, 0.5) is 5.69 Å². The van der Waals surface area contributed by atoms with E-state index in [0.29, 0.717) is 10.8 Å². The first-order chi connectivity index (χ1) is 14.9. The molecule has 4 saturated carbocycles. The van der Waals surface area contributed by atoms with Crippen LogP contribution in [-0.2, 0) is 9.59 Å². The molecule has 0 aliphatic heterocycles. The van der Waals surface area contributed by atoms with Crippen LogP contribution in [0, 0.1) is 17.8 Å². The van der Waals surface area contributed by atoms with Gasteiger partial charge in [-0.25, -0.2) is 0 Å². The Morgan fingerprint density at radius 1 is 1.16 bits per heavy atom. The second kappa shape index (κ2) is 7.97. The van der Waals surface area contributed by atoms with E-state index >= 15 is 0 Å². The maximum atomic E-state index is 13.1. The van der Waals surface area contributed by atoms with Gasteiger partial charge in [0.25, 0.3) is 0 Å². The number of carbonyl (C=O) groups is 2. The second-order valence-electron chi connectivity index (χ2n) is 9.66. The van der Waals surface area contributed by atoms with E-state index in [1.165, 1.54) is 37.9 Å². The molecule has 6 rings (SSSR count). The normalized spacial score (nSPS) is 29.5. The zero-order valence-electron chi connectivity index (χ0n) is 18.0. The van der Waals surface area contributed by atoms with Gasteiger partial charge in [0.2, 0.25) is 11.8 Å². The van der Waals surface area contributed by atoms with Crippen molar-refractivity contribution in [2.45, 2.75) is 68.3 Å². The van der Waals surface area contributed by atoms with E-state index in [1.54, 1.807) is 6.33 Å². The number of aromatic nitrogens is 3. The fraction of sp³-hybridized carbons (Fsp3) is 0.565. The molecule has 8 heteroatoms. The van der Waals surface area contributed by atoms with Gasteiger partial charge in [-0.1, -0.05) is 17.8 Å². The smallest absolute Gasteiger partial charge is 0.233 e. The molecular formula is C23H29N5O2S. The molecule has 4 fully saturated rings. The summed E-state index contributed by atoms with van der Waals surface area (Å²) in [5.74, 6) is 2.37. The van der Waals surface area contributed by atoms with Crippen molar-refractivity contribution in [2.75, 3.05) is 5.32 Å². The van der Waals surface area contributed by atoms with Gasteiger partial charge in [-0.3, -0.25) is 14.2 Å². The van der Waals surface area contributed by atoms with Crippen LogP contribution in [0.1, 0.15) is 52.4 Å². The second-order valence-corrected chi connectivity index (χ2v) is 11.0. The van der Waals surface area contributed by atoms with E-state index in [9.17, 15) is 9.59 Å². The Labute approximate surface area is 186 Å². The number of hydrogen-bond donors (Lipinski definition) is 2. The number of amides is 2. The van der Waals surface area contributed by atoms with Crippen LogP contribution in [0.25, 0.3) is 5.69 Å². The molecule has 1 aromatic carbocycles. The van der Waals surface area contributed by atoms with Gasteiger partial charge in [-0.15, -0.1) is 10.2 Å². The summed E-state index contributed by atoms with van der Waals surface area (Å²) in [6.45, 7) is 3.42. The van der Waals surface area contributed by atoms with E-state index in [2.05, 4.69) is 20.8 Å². The molecule has 0 saturated heterocycles. The summed E-state index contributed by atoms with van der Waals surface area (Å²) in [5, 5.41) is 14.9. The third-order valence-electron chi connectivity index (χ3n) is 7.04. The Morgan fingerprint density at radius 2 is 1.84 bits per heavy atom. The Morgan fingerprint density at radius 3 is 2.48 bits per heavy atom. The summed E-state index contributed by atoms with van der Waals surface area (Å²) in [6, 6.07) is 7.51. The largest absolute Gasteiger partial charge is 0.350 e. The van der Waals surface area contributed by atoms with Gasteiger partial charge in [0.15, 0.2) is 5.16 Å². The van der Waals surface area contributed by atoms with E-state index < -0.39 is 0 Å². The minimum atomic E-state index is -0.269. The zero-order valence-corrected chi connectivity index (χ0v) is 18.8. The number of benzene rings is 1. The molecule has 2 N–H and O–H groups in total. The van der Waals surface area contributed by atoms with Gasteiger partial charge in [0.05, 0.1) is 10.9 Å². The van der Waals surface area contributed by atoms with Crippen LogP contribution in [0.15, 0.2) is 35.7 Å². The topological polar surface area (TPSA) is 88.9 Å². The molecule has 1 heterocycles. The van der Waals surface area contributed by atoms with Crippen LogP contribution in [0.3, 0.4) is 0 Å². The summed E-state index contributed by atoms with van der Waals surface area (Å²) < 4.78 is 1.85. The Hall–Kier alpha value is -2.35.